The summed E-state index contributed by atoms with van der Waals surface area (Å²) in [6.07, 6.45) is 9.65. The second-order valence-corrected chi connectivity index (χ2v) is 11.3. The largest absolute Gasteiger partial charge is 0.444 e. The summed E-state index contributed by atoms with van der Waals surface area (Å²) in [5.41, 5.74) is 1.80. The number of rotatable bonds is 12. The van der Waals surface area contributed by atoms with Gasteiger partial charge >= 0.3 is 6.09 Å². The number of hydrogen-bond acceptors (Lipinski definition) is 4. The van der Waals surface area contributed by atoms with Gasteiger partial charge in [0.25, 0.3) is 5.91 Å². The molecule has 0 aromatic heterocycles. The number of terminal acetylenes is 1. The number of benzene rings is 2. The number of anilines is 1. The molecule has 0 aliphatic carbocycles. The van der Waals surface area contributed by atoms with Crippen molar-refractivity contribution in [3.05, 3.63) is 64.2 Å². The third-order valence-electron chi connectivity index (χ3n) is 6.31. The molecule has 8 heteroatoms. The molecule has 2 N–H and O–H groups in total. The third-order valence-corrected chi connectivity index (χ3v) is 6.63. The molecule has 216 valence electrons. The molecule has 0 radical (unpaired) electrons. The molecule has 40 heavy (non-hydrogen) atoms. The van der Waals surface area contributed by atoms with E-state index in [0.717, 1.165) is 31.2 Å². The molecule has 2 aromatic carbocycles. The lowest BCUT2D eigenvalue weighted by atomic mass is 10.0. The van der Waals surface area contributed by atoms with Crippen LogP contribution in [0.15, 0.2) is 42.5 Å². The molecule has 0 aliphatic heterocycles. The molecule has 0 heterocycles. The minimum Gasteiger partial charge on any atom is -0.444 e. The van der Waals surface area contributed by atoms with Crippen LogP contribution < -0.4 is 10.6 Å². The predicted molar refractivity (Wildman–Crippen MR) is 161 cm³/mol. The number of ether oxygens (including phenoxy) is 1. The molecular formula is C32H42ClN3O4. The number of amides is 3. The van der Waals surface area contributed by atoms with Crippen LogP contribution in [0, 0.1) is 19.3 Å². The Hall–Kier alpha value is -3.50. The first-order valence-corrected chi connectivity index (χ1v) is 14.2. The normalized spacial score (nSPS) is 12.6. The smallest absolute Gasteiger partial charge is 0.408 e. The molecule has 0 fully saturated rings. The van der Waals surface area contributed by atoms with Crippen molar-refractivity contribution in [1.29, 1.82) is 0 Å². The van der Waals surface area contributed by atoms with E-state index >= 15 is 0 Å². The number of para-hydroxylation sites is 1. The van der Waals surface area contributed by atoms with Crippen LogP contribution in [0.4, 0.5) is 10.5 Å². The molecule has 0 bridgehead atoms. The van der Waals surface area contributed by atoms with Gasteiger partial charge < -0.3 is 20.3 Å². The average Bonchev–Trinajstić information content (AvgIpc) is 2.88. The van der Waals surface area contributed by atoms with E-state index in [1.54, 1.807) is 64.1 Å². The van der Waals surface area contributed by atoms with E-state index in [2.05, 4.69) is 23.5 Å². The van der Waals surface area contributed by atoms with Gasteiger partial charge in [0.15, 0.2) is 0 Å². The van der Waals surface area contributed by atoms with Gasteiger partial charge in [-0.2, -0.15) is 0 Å². The van der Waals surface area contributed by atoms with Crippen molar-refractivity contribution in [3.63, 3.8) is 0 Å². The minimum atomic E-state index is -0.996. The van der Waals surface area contributed by atoms with Crippen LogP contribution in [0.5, 0.6) is 0 Å². The number of nitrogens with zero attached hydrogens (tertiary/aromatic N) is 1. The van der Waals surface area contributed by atoms with Crippen molar-refractivity contribution in [3.8, 4) is 12.3 Å². The van der Waals surface area contributed by atoms with E-state index in [1.807, 2.05) is 13.0 Å². The lowest BCUT2D eigenvalue weighted by Gasteiger charge is -2.34. The van der Waals surface area contributed by atoms with Crippen molar-refractivity contribution in [1.82, 2.24) is 10.2 Å². The van der Waals surface area contributed by atoms with E-state index in [9.17, 15) is 14.4 Å². The number of carbonyl (C=O) groups is 3. The maximum Gasteiger partial charge on any atom is 0.408 e. The molecule has 2 atom stereocenters. The summed E-state index contributed by atoms with van der Waals surface area (Å²) in [4.78, 5) is 41.9. The third kappa shape index (κ3) is 9.91. The molecular weight excluding hydrogens is 526 g/mol. The Labute approximate surface area is 244 Å². The Bertz CT molecular complexity index is 1180. The molecule has 7 nitrogen and oxygen atoms in total. The van der Waals surface area contributed by atoms with Gasteiger partial charge in [0.05, 0.1) is 10.7 Å². The summed E-state index contributed by atoms with van der Waals surface area (Å²) in [7, 11) is 0. The zero-order chi connectivity index (χ0) is 29.9. The summed E-state index contributed by atoms with van der Waals surface area (Å²) in [5.74, 6) is 1.76. The maximum atomic E-state index is 14.0. The highest BCUT2D eigenvalue weighted by Crippen LogP contribution is 2.30. The van der Waals surface area contributed by atoms with Crippen molar-refractivity contribution in [2.24, 2.45) is 0 Å². The molecule has 3 amide bonds. The van der Waals surface area contributed by atoms with Crippen LogP contribution in [0.3, 0.4) is 0 Å². The second kappa shape index (κ2) is 15.3. The van der Waals surface area contributed by atoms with Gasteiger partial charge in [-0.3, -0.25) is 9.59 Å². The average molecular weight is 568 g/mol. The number of unbranched alkanes of at least 4 members (excludes halogenated alkanes) is 4. The maximum absolute atomic E-state index is 14.0. The minimum absolute atomic E-state index is 0.319. The molecule has 2 aromatic rings. The number of aryl methyl sites for hydroxylation is 1. The highest BCUT2D eigenvalue weighted by atomic mass is 35.5. The molecule has 0 spiro atoms. The monoisotopic (exact) mass is 567 g/mol. The van der Waals surface area contributed by atoms with Crippen LogP contribution in [0.1, 0.15) is 89.5 Å². The van der Waals surface area contributed by atoms with Crippen molar-refractivity contribution < 1.29 is 19.1 Å². The molecule has 2 rings (SSSR count). The standard InChI is InChI=1S/C32H42ClN3O4/c1-8-10-11-12-13-21-36(30(38)23(4)34-31(39)40-32(5,6)7)28(25-19-17-24(9-2)18-20-25)29(37)35-27-22(3)15-14-16-26(27)33/h2,14-20,23,28H,8,10-13,21H2,1,3-7H3,(H,34,39)(H,35,37). The second-order valence-electron chi connectivity index (χ2n) is 10.9. The quantitative estimate of drug-likeness (QED) is 0.213. The number of carbonyl (C=O) groups excluding carboxylic acids is 3. The van der Waals surface area contributed by atoms with Crippen LogP contribution >= 0.6 is 11.6 Å². The molecule has 0 saturated carbocycles. The van der Waals surface area contributed by atoms with E-state index in [0.29, 0.717) is 34.8 Å². The Kier molecular flexibility index (Phi) is 12.5. The lowest BCUT2D eigenvalue weighted by molar-refractivity contribution is -0.140. The van der Waals surface area contributed by atoms with Crippen LogP contribution in [0.2, 0.25) is 5.02 Å². The summed E-state index contributed by atoms with van der Waals surface area (Å²) in [6.45, 7) is 11.1. The fourth-order valence-corrected chi connectivity index (χ4v) is 4.53. The van der Waals surface area contributed by atoms with Gasteiger partial charge in [0.1, 0.15) is 17.7 Å². The van der Waals surface area contributed by atoms with Gasteiger partial charge in [-0.25, -0.2) is 4.79 Å². The first kappa shape index (κ1) is 32.7. The first-order valence-electron chi connectivity index (χ1n) is 13.8. The van der Waals surface area contributed by atoms with Crippen LogP contribution in [-0.4, -0.2) is 41.0 Å². The zero-order valence-electron chi connectivity index (χ0n) is 24.5. The number of alkyl carbamates (subject to hydrolysis) is 1. The van der Waals surface area contributed by atoms with E-state index < -0.39 is 35.6 Å². The Morgan fingerprint density at radius 3 is 2.27 bits per heavy atom. The topological polar surface area (TPSA) is 87.7 Å². The van der Waals surface area contributed by atoms with Crippen molar-refractivity contribution in [2.75, 3.05) is 11.9 Å². The van der Waals surface area contributed by atoms with Gasteiger partial charge in [-0.15, -0.1) is 6.42 Å². The highest BCUT2D eigenvalue weighted by molar-refractivity contribution is 6.34. The van der Waals surface area contributed by atoms with Crippen LogP contribution in [-0.2, 0) is 14.3 Å². The number of nitrogens with one attached hydrogen (secondary N) is 2. The number of hydrogen-bond donors (Lipinski definition) is 2. The molecule has 2 unspecified atom stereocenters. The Balaban J connectivity index is 2.48. The first-order chi connectivity index (χ1) is 18.9. The Morgan fingerprint density at radius 1 is 1.05 bits per heavy atom. The van der Waals surface area contributed by atoms with E-state index in [-0.39, 0.29) is 0 Å². The highest BCUT2D eigenvalue weighted by Gasteiger charge is 2.35. The molecule has 0 aliphatic rings. The van der Waals surface area contributed by atoms with Gasteiger partial charge in [-0.1, -0.05) is 74.4 Å². The van der Waals surface area contributed by atoms with Gasteiger partial charge in [0.2, 0.25) is 5.91 Å². The summed E-state index contributed by atoms with van der Waals surface area (Å²) in [6, 6.07) is 10.4. The van der Waals surface area contributed by atoms with Crippen LogP contribution in [0.25, 0.3) is 0 Å². The number of halogens is 1. The molecule has 0 saturated heterocycles. The summed E-state index contributed by atoms with van der Waals surface area (Å²) >= 11 is 6.42. The fourth-order valence-electron chi connectivity index (χ4n) is 4.26. The SMILES string of the molecule is C#Cc1ccc(C(C(=O)Nc2c(C)cccc2Cl)N(CCCCCCC)C(=O)C(C)NC(=O)OC(C)(C)C)cc1. The van der Waals surface area contributed by atoms with Crippen molar-refractivity contribution in [2.45, 2.75) is 91.3 Å². The van der Waals surface area contributed by atoms with Crippen molar-refractivity contribution >= 4 is 35.2 Å². The predicted octanol–water partition coefficient (Wildman–Crippen LogP) is 7.02. The fraction of sp³-hybridized carbons (Fsp3) is 0.469. The van der Waals surface area contributed by atoms with Gasteiger partial charge in [0, 0.05) is 12.1 Å². The van der Waals surface area contributed by atoms with E-state index in [1.165, 1.54) is 4.90 Å². The summed E-state index contributed by atoms with van der Waals surface area (Å²) in [5, 5.41) is 5.97. The summed E-state index contributed by atoms with van der Waals surface area (Å²) < 4.78 is 5.35. The van der Waals surface area contributed by atoms with Gasteiger partial charge in [-0.05, 0) is 70.4 Å². The Morgan fingerprint density at radius 2 is 1.70 bits per heavy atom. The van der Waals surface area contributed by atoms with E-state index in [4.69, 9.17) is 22.8 Å². The zero-order valence-corrected chi connectivity index (χ0v) is 25.2. The lowest BCUT2D eigenvalue weighted by Crippen LogP contribution is -2.51.